The first-order valence-corrected chi connectivity index (χ1v) is 10.4. The van der Waals surface area contributed by atoms with Gasteiger partial charge in [-0.15, -0.1) is 0 Å². The van der Waals surface area contributed by atoms with Gasteiger partial charge >= 0.3 is 0 Å². The van der Waals surface area contributed by atoms with Crippen LogP contribution in [0.2, 0.25) is 0 Å². The molecule has 30 heavy (non-hydrogen) atoms. The number of amides is 1. The Morgan fingerprint density at radius 1 is 1.13 bits per heavy atom. The van der Waals surface area contributed by atoms with Crippen LogP contribution >= 0.6 is 0 Å². The number of para-hydroxylation sites is 3. The van der Waals surface area contributed by atoms with E-state index in [1.54, 1.807) is 6.07 Å². The predicted octanol–water partition coefficient (Wildman–Crippen LogP) is 3.90. The second kappa shape index (κ2) is 8.53. The Balaban J connectivity index is 1.45. The van der Waals surface area contributed by atoms with Crippen LogP contribution in [0.5, 0.6) is 0 Å². The highest BCUT2D eigenvalue weighted by Gasteiger charge is 2.13. The molecule has 0 aliphatic carbocycles. The lowest BCUT2D eigenvalue weighted by molar-refractivity contribution is 0.0954. The van der Waals surface area contributed by atoms with E-state index in [1.807, 2.05) is 36.4 Å². The number of H-pyrrole nitrogens is 1. The summed E-state index contributed by atoms with van der Waals surface area (Å²) in [7, 11) is 0. The first-order chi connectivity index (χ1) is 14.5. The maximum absolute atomic E-state index is 12.7. The van der Waals surface area contributed by atoms with E-state index >= 15 is 0 Å². The zero-order valence-electron chi connectivity index (χ0n) is 17.3. The number of hydrogen-bond donors (Lipinski definition) is 2. The molecule has 2 aromatic heterocycles. The van der Waals surface area contributed by atoms with E-state index < -0.39 is 0 Å². The third-order valence-corrected chi connectivity index (χ3v) is 5.14. The van der Waals surface area contributed by atoms with Gasteiger partial charge in [0.1, 0.15) is 5.82 Å². The molecular weight excluding hydrogens is 376 g/mol. The minimum atomic E-state index is -0.277. The SMILES string of the molecule is CC(C)Cn1c(CCCNC(=O)c2cc(=O)[nH]c3ccccc23)nc2ccccc21. The number of nitrogens with one attached hydrogen (secondary N) is 2. The van der Waals surface area contributed by atoms with Crippen molar-refractivity contribution in [2.45, 2.75) is 33.2 Å². The van der Waals surface area contributed by atoms with Gasteiger partial charge in [-0.1, -0.05) is 44.2 Å². The summed E-state index contributed by atoms with van der Waals surface area (Å²) in [6.07, 6.45) is 1.55. The van der Waals surface area contributed by atoms with E-state index in [4.69, 9.17) is 4.98 Å². The van der Waals surface area contributed by atoms with Crippen LogP contribution < -0.4 is 10.9 Å². The van der Waals surface area contributed by atoms with Gasteiger partial charge in [-0.2, -0.15) is 0 Å². The Kier molecular flexibility index (Phi) is 5.65. The molecular formula is C24H26N4O2. The summed E-state index contributed by atoms with van der Waals surface area (Å²) in [6, 6.07) is 16.9. The van der Waals surface area contributed by atoms with Gasteiger partial charge in [-0.3, -0.25) is 9.59 Å². The first-order valence-electron chi connectivity index (χ1n) is 10.4. The van der Waals surface area contributed by atoms with Crippen LogP contribution in [0.25, 0.3) is 21.9 Å². The second-order valence-electron chi connectivity index (χ2n) is 7.97. The molecule has 0 spiro atoms. The lowest BCUT2D eigenvalue weighted by atomic mass is 10.1. The number of aryl methyl sites for hydroxylation is 1. The lowest BCUT2D eigenvalue weighted by Crippen LogP contribution is -2.26. The molecule has 2 aromatic carbocycles. The zero-order chi connectivity index (χ0) is 21.1. The number of carbonyl (C=O) groups excluding carboxylic acids is 1. The standard InChI is InChI=1S/C24H26N4O2/c1-16(2)15-28-21-11-6-5-10-20(21)26-22(28)12-7-13-25-24(30)18-14-23(29)27-19-9-4-3-8-17(18)19/h3-6,8-11,14,16H,7,12-13,15H2,1-2H3,(H,25,30)(H,27,29). The Labute approximate surface area is 175 Å². The molecule has 0 aliphatic rings. The molecule has 0 aliphatic heterocycles. The largest absolute Gasteiger partial charge is 0.352 e. The Morgan fingerprint density at radius 2 is 1.90 bits per heavy atom. The molecule has 0 atom stereocenters. The van der Waals surface area contributed by atoms with E-state index in [1.165, 1.54) is 6.07 Å². The maximum atomic E-state index is 12.7. The molecule has 0 unspecified atom stereocenters. The highest BCUT2D eigenvalue weighted by atomic mass is 16.2. The summed E-state index contributed by atoms with van der Waals surface area (Å²) in [4.78, 5) is 32.1. The van der Waals surface area contributed by atoms with E-state index in [0.29, 0.717) is 23.5 Å². The molecule has 154 valence electrons. The number of aromatic nitrogens is 3. The van der Waals surface area contributed by atoms with Crippen molar-refractivity contribution in [1.29, 1.82) is 0 Å². The topological polar surface area (TPSA) is 79.8 Å². The number of aromatic amines is 1. The van der Waals surface area contributed by atoms with Crippen LogP contribution in [0.15, 0.2) is 59.4 Å². The Morgan fingerprint density at radius 3 is 2.73 bits per heavy atom. The van der Waals surface area contributed by atoms with Crippen LogP contribution in [-0.2, 0) is 13.0 Å². The van der Waals surface area contributed by atoms with Crippen molar-refractivity contribution in [3.63, 3.8) is 0 Å². The van der Waals surface area contributed by atoms with Crippen molar-refractivity contribution in [2.75, 3.05) is 6.54 Å². The van der Waals surface area contributed by atoms with E-state index in [0.717, 1.165) is 41.6 Å². The average Bonchev–Trinajstić information content (AvgIpc) is 3.07. The minimum absolute atomic E-state index is 0.229. The quantitative estimate of drug-likeness (QED) is 0.460. The van der Waals surface area contributed by atoms with E-state index in [-0.39, 0.29) is 11.5 Å². The van der Waals surface area contributed by atoms with Crippen LogP contribution in [0.4, 0.5) is 0 Å². The zero-order valence-corrected chi connectivity index (χ0v) is 17.3. The van der Waals surface area contributed by atoms with Crippen LogP contribution in [-0.4, -0.2) is 27.0 Å². The fourth-order valence-electron chi connectivity index (χ4n) is 3.82. The fraction of sp³-hybridized carbons (Fsp3) is 0.292. The van der Waals surface area contributed by atoms with Crippen molar-refractivity contribution in [2.24, 2.45) is 5.92 Å². The van der Waals surface area contributed by atoms with E-state index in [9.17, 15) is 9.59 Å². The highest BCUT2D eigenvalue weighted by Crippen LogP contribution is 2.19. The third-order valence-electron chi connectivity index (χ3n) is 5.14. The molecule has 0 bridgehead atoms. The normalized spacial score (nSPS) is 11.4. The van der Waals surface area contributed by atoms with Crippen LogP contribution in [0.1, 0.15) is 36.5 Å². The van der Waals surface area contributed by atoms with Gasteiger partial charge in [0.05, 0.1) is 16.6 Å². The minimum Gasteiger partial charge on any atom is -0.352 e. The number of carbonyl (C=O) groups is 1. The Bertz CT molecular complexity index is 1250. The number of hydrogen-bond acceptors (Lipinski definition) is 3. The molecule has 2 N–H and O–H groups in total. The van der Waals surface area contributed by atoms with Gasteiger partial charge in [0.25, 0.3) is 5.91 Å². The smallest absolute Gasteiger partial charge is 0.252 e. The number of benzene rings is 2. The van der Waals surface area contributed by atoms with Crippen LogP contribution in [0, 0.1) is 5.92 Å². The van der Waals surface area contributed by atoms with Gasteiger partial charge in [0.2, 0.25) is 5.56 Å². The average molecular weight is 402 g/mol. The van der Waals surface area contributed by atoms with Gasteiger partial charge in [0, 0.05) is 36.5 Å². The molecule has 0 fully saturated rings. The number of imidazole rings is 1. The van der Waals surface area contributed by atoms with Crippen molar-refractivity contribution in [3.8, 4) is 0 Å². The number of nitrogens with zero attached hydrogens (tertiary/aromatic N) is 2. The molecule has 2 heterocycles. The second-order valence-corrected chi connectivity index (χ2v) is 7.97. The number of fused-ring (bicyclic) bond motifs is 2. The van der Waals surface area contributed by atoms with Crippen LogP contribution in [0.3, 0.4) is 0 Å². The monoisotopic (exact) mass is 402 g/mol. The predicted molar refractivity (Wildman–Crippen MR) is 120 cm³/mol. The number of pyridine rings is 1. The fourth-order valence-corrected chi connectivity index (χ4v) is 3.82. The summed E-state index contributed by atoms with van der Waals surface area (Å²) < 4.78 is 2.28. The molecule has 0 radical (unpaired) electrons. The molecule has 0 saturated heterocycles. The summed E-state index contributed by atoms with van der Waals surface area (Å²) in [5.41, 5.74) is 2.95. The van der Waals surface area contributed by atoms with Crippen molar-refractivity contribution >= 4 is 27.8 Å². The van der Waals surface area contributed by atoms with Crippen molar-refractivity contribution in [1.82, 2.24) is 19.9 Å². The molecule has 6 nitrogen and oxygen atoms in total. The third kappa shape index (κ3) is 4.13. The summed E-state index contributed by atoms with van der Waals surface area (Å²) >= 11 is 0. The Hall–Kier alpha value is -3.41. The van der Waals surface area contributed by atoms with Gasteiger partial charge in [-0.05, 0) is 30.5 Å². The molecule has 0 saturated carbocycles. The van der Waals surface area contributed by atoms with Gasteiger partial charge in [0.15, 0.2) is 0 Å². The van der Waals surface area contributed by atoms with Crippen molar-refractivity contribution < 1.29 is 4.79 Å². The lowest BCUT2D eigenvalue weighted by Gasteiger charge is -2.12. The molecule has 1 amide bonds. The van der Waals surface area contributed by atoms with Crippen molar-refractivity contribution in [3.05, 3.63) is 76.3 Å². The highest BCUT2D eigenvalue weighted by molar-refractivity contribution is 6.05. The number of rotatable bonds is 7. The first kappa shape index (κ1) is 19.9. The summed E-state index contributed by atoms with van der Waals surface area (Å²) in [5, 5.41) is 3.70. The molecule has 6 heteroatoms. The van der Waals surface area contributed by atoms with Gasteiger partial charge < -0.3 is 14.9 Å². The van der Waals surface area contributed by atoms with E-state index in [2.05, 4.69) is 34.8 Å². The summed E-state index contributed by atoms with van der Waals surface area (Å²) in [6.45, 7) is 5.83. The summed E-state index contributed by atoms with van der Waals surface area (Å²) in [5.74, 6) is 1.33. The molecule has 4 rings (SSSR count). The molecule has 4 aromatic rings. The maximum Gasteiger partial charge on any atom is 0.252 e. The van der Waals surface area contributed by atoms with Gasteiger partial charge in [-0.25, -0.2) is 4.98 Å².